The third-order valence-electron chi connectivity index (χ3n) is 3.49. The molecule has 0 amide bonds. The van der Waals surface area contributed by atoms with Crippen LogP contribution < -0.4 is 4.72 Å². The van der Waals surface area contributed by atoms with Crippen LogP contribution in [0.4, 0.5) is 0 Å². The summed E-state index contributed by atoms with van der Waals surface area (Å²) in [5.41, 5.74) is 2.10. The summed E-state index contributed by atoms with van der Waals surface area (Å²) in [7, 11) is -3.77. The van der Waals surface area contributed by atoms with Crippen LogP contribution in [0, 0.1) is 20.8 Å². The molecule has 0 fully saturated rings. The van der Waals surface area contributed by atoms with Gasteiger partial charge in [-0.05, 0) is 32.4 Å². The van der Waals surface area contributed by atoms with E-state index < -0.39 is 10.0 Å². The van der Waals surface area contributed by atoms with Crippen molar-refractivity contribution in [2.75, 3.05) is 0 Å². The lowest BCUT2D eigenvalue weighted by molar-refractivity contribution is 0.390. The Labute approximate surface area is 138 Å². The van der Waals surface area contributed by atoms with E-state index in [0.29, 0.717) is 11.6 Å². The largest absolute Gasteiger partial charge is 0.419 e. The molecule has 0 radical (unpaired) electrons. The highest BCUT2D eigenvalue weighted by molar-refractivity contribution is 7.89. The number of hydrogen-bond donors (Lipinski definition) is 1. The van der Waals surface area contributed by atoms with Crippen molar-refractivity contribution in [2.24, 2.45) is 0 Å². The Bertz CT molecular complexity index is 956. The van der Waals surface area contributed by atoms with Gasteiger partial charge in [0.15, 0.2) is 5.76 Å². The molecule has 0 spiro atoms. The second-order valence-electron chi connectivity index (χ2n) is 5.29. The molecular formula is C15H16N4O4S. The first kappa shape index (κ1) is 16.3. The highest BCUT2D eigenvalue weighted by Gasteiger charge is 2.24. The van der Waals surface area contributed by atoms with Gasteiger partial charge in [0.25, 0.3) is 0 Å². The molecule has 3 aromatic rings. The second-order valence-corrected chi connectivity index (χ2v) is 7.00. The molecule has 9 heteroatoms. The van der Waals surface area contributed by atoms with E-state index in [1.807, 2.05) is 31.2 Å². The lowest BCUT2D eigenvalue weighted by Crippen LogP contribution is -2.24. The van der Waals surface area contributed by atoms with Gasteiger partial charge < -0.3 is 8.94 Å². The fraction of sp³-hybridized carbons (Fsp3) is 0.267. The molecule has 0 aliphatic rings. The summed E-state index contributed by atoms with van der Waals surface area (Å²) in [5.74, 6) is 0.745. The Kier molecular flexibility index (Phi) is 4.20. The van der Waals surface area contributed by atoms with E-state index in [0.717, 1.165) is 11.1 Å². The number of aryl methyl sites for hydroxylation is 3. The quantitative estimate of drug-likeness (QED) is 0.751. The molecule has 8 nitrogen and oxygen atoms in total. The third-order valence-corrected chi connectivity index (χ3v) is 5.14. The number of nitrogens with zero attached hydrogens (tertiary/aromatic N) is 3. The Morgan fingerprint density at radius 2 is 1.88 bits per heavy atom. The van der Waals surface area contributed by atoms with E-state index in [1.54, 1.807) is 6.92 Å². The van der Waals surface area contributed by atoms with E-state index in [4.69, 9.17) is 8.94 Å². The van der Waals surface area contributed by atoms with Crippen molar-refractivity contribution in [3.05, 3.63) is 47.2 Å². The second kappa shape index (κ2) is 6.17. The monoisotopic (exact) mass is 348 g/mol. The summed E-state index contributed by atoms with van der Waals surface area (Å²) in [6, 6.07) is 7.57. The van der Waals surface area contributed by atoms with Crippen molar-refractivity contribution >= 4 is 10.0 Å². The van der Waals surface area contributed by atoms with Crippen molar-refractivity contribution in [3.63, 3.8) is 0 Å². The van der Waals surface area contributed by atoms with Gasteiger partial charge in [-0.25, -0.2) is 13.1 Å². The molecule has 0 saturated heterocycles. The number of sulfonamides is 1. The molecule has 0 aliphatic heterocycles. The van der Waals surface area contributed by atoms with E-state index >= 15 is 0 Å². The molecular weight excluding hydrogens is 332 g/mol. The average Bonchev–Trinajstić information content (AvgIpc) is 3.13. The first-order valence-corrected chi connectivity index (χ1v) is 8.67. The Balaban J connectivity index is 1.78. The zero-order valence-corrected chi connectivity index (χ0v) is 14.2. The number of aromatic nitrogens is 3. The highest BCUT2D eigenvalue weighted by Crippen LogP contribution is 2.22. The van der Waals surface area contributed by atoms with Crippen molar-refractivity contribution < 1.29 is 17.4 Å². The van der Waals surface area contributed by atoms with Gasteiger partial charge in [0.05, 0.1) is 6.54 Å². The van der Waals surface area contributed by atoms with Crippen molar-refractivity contribution in [1.29, 1.82) is 0 Å². The summed E-state index contributed by atoms with van der Waals surface area (Å²) < 4.78 is 37.5. The van der Waals surface area contributed by atoms with Crippen LogP contribution in [0.1, 0.15) is 22.9 Å². The number of nitrogens with one attached hydrogen (secondary N) is 1. The zero-order valence-electron chi connectivity index (χ0n) is 13.4. The van der Waals surface area contributed by atoms with Gasteiger partial charge in [-0.15, -0.1) is 10.2 Å². The van der Waals surface area contributed by atoms with Crippen LogP contribution >= 0.6 is 0 Å². The van der Waals surface area contributed by atoms with Gasteiger partial charge in [0, 0.05) is 5.56 Å². The number of benzene rings is 1. The van der Waals surface area contributed by atoms with E-state index in [2.05, 4.69) is 20.1 Å². The van der Waals surface area contributed by atoms with Gasteiger partial charge >= 0.3 is 0 Å². The van der Waals surface area contributed by atoms with Gasteiger partial charge in [0.2, 0.25) is 21.8 Å². The van der Waals surface area contributed by atoms with Crippen molar-refractivity contribution in [3.8, 4) is 11.5 Å². The molecule has 0 aliphatic carbocycles. The molecule has 1 N–H and O–H groups in total. The lowest BCUT2D eigenvalue weighted by Gasteiger charge is -2.03. The minimum absolute atomic E-state index is 0.0288. The van der Waals surface area contributed by atoms with Crippen LogP contribution in [-0.2, 0) is 16.6 Å². The van der Waals surface area contributed by atoms with Crippen LogP contribution in [0.15, 0.2) is 38.1 Å². The summed E-state index contributed by atoms with van der Waals surface area (Å²) >= 11 is 0. The van der Waals surface area contributed by atoms with E-state index in [-0.39, 0.29) is 23.1 Å². The predicted octanol–water partition coefficient (Wildman–Crippen LogP) is 2.13. The molecule has 126 valence electrons. The minimum atomic E-state index is -3.77. The standard InChI is InChI=1S/C15H16N4O4S/c1-9-6-4-5-7-12(9)15-18-17-13(22-15)8-16-24(20,21)14-10(2)19-23-11(14)3/h4-7,16H,8H2,1-3H3. The summed E-state index contributed by atoms with van der Waals surface area (Å²) in [5, 5.41) is 11.5. The van der Waals surface area contributed by atoms with Crippen molar-refractivity contribution in [2.45, 2.75) is 32.2 Å². The molecule has 3 rings (SSSR count). The molecule has 2 heterocycles. The van der Waals surface area contributed by atoms with E-state index in [9.17, 15) is 8.42 Å². The Morgan fingerprint density at radius 1 is 1.12 bits per heavy atom. The topological polar surface area (TPSA) is 111 Å². The average molecular weight is 348 g/mol. The SMILES string of the molecule is Cc1ccccc1-c1nnc(CNS(=O)(=O)c2c(C)noc2C)o1. The molecule has 0 saturated carbocycles. The van der Waals surface area contributed by atoms with Crippen LogP contribution in [0.3, 0.4) is 0 Å². The maximum absolute atomic E-state index is 12.3. The summed E-state index contributed by atoms with van der Waals surface area (Å²) in [6.07, 6.45) is 0. The highest BCUT2D eigenvalue weighted by atomic mass is 32.2. The zero-order chi connectivity index (χ0) is 17.3. The van der Waals surface area contributed by atoms with Gasteiger partial charge in [-0.3, -0.25) is 0 Å². The Hall–Kier alpha value is -2.52. The fourth-order valence-electron chi connectivity index (χ4n) is 2.33. The number of rotatable bonds is 5. The van der Waals surface area contributed by atoms with Gasteiger partial charge in [-0.1, -0.05) is 23.4 Å². The van der Waals surface area contributed by atoms with E-state index in [1.165, 1.54) is 6.92 Å². The summed E-state index contributed by atoms with van der Waals surface area (Å²) in [6.45, 7) is 4.91. The van der Waals surface area contributed by atoms with Gasteiger partial charge in [-0.2, -0.15) is 0 Å². The van der Waals surface area contributed by atoms with Crippen LogP contribution in [0.25, 0.3) is 11.5 Å². The van der Waals surface area contributed by atoms with Crippen LogP contribution in [-0.4, -0.2) is 23.8 Å². The van der Waals surface area contributed by atoms with Gasteiger partial charge in [0.1, 0.15) is 10.6 Å². The third kappa shape index (κ3) is 3.08. The molecule has 24 heavy (non-hydrogen) atoms. The molecule has 2 aromatic heterocycles. The summed E-state index contributed by atoms with van der Waals surface area (Å²) in [4.78, 5) is 0.0288. The smallest absolute Gasteiger partial charge is 0.248 e. The lowest BCUT2D eigenvalue weighted by atomic mass is 10.1. The fourth-order valence-corrected chi connectivity index (χ4v) is 3.63. The normalized spacial score (nSPS) is 11.8. The number of hydrogen-bond acceptors (Lipinski definition) is 7. The molecule has 0 bridgehead atoms. The van der Waals surface area contributed by atoms with Crippen molar-refractivity contribution in [1.82, 2.24) is 20.1 Å². The molecule has 0 atom stereocenters. The first-order valence-electron chi connectivity index (χ1n) is 7.19. The van der Waals surface area contributed by atoms with Crippen LogP contribution in [0.5, 0.6) is 0 Å². The predicted molar refractivity (Wildman–Crippen MR) is 84.5 cm³/mol. The Morgan fingerprint density at radius 3 is 2.54 bits per heavy atom. The maximum atomic E-state index is 12.3. The molecule has 1 aromatic carbocycles. The first-order chi connectivity index (χ1) is 11.4. The minimum Gasteiger partial charge on any atom is -0.419 e. The maximum Gasteiger partial charge on any atom is 0.248 e. The molecule has 0 unspecified atom stereocenters. The van der Waals surface area contributed by atoms with Crippen LogP contribution in [0.2, 0.25) is 0 Å².